The number of hydrogen-bond donors (Lipinski definition) is 1. The average molecular weight is 255 g/mol. The lowest BCUT2D eigenvalue weighted by molar-refractivity contribution is 0.973. The second-order valence-corrected chi connectivity index (χ2v) is 4.58. The first-order valence-electron chi connectivity index (χ1n) is 6.84. The third kappa shape index (κ3) is 2.60. The van der Waals surface area contributed by atoms with Crippen LogP contribution < -0.4 is 5.32 Å². The van der Waals surface area contributed by atoms with Crippen LogP contribution in [-0.2, 0) is 12.8 Å². The lowest BCUT2D eigenvalue weighted by atomic mass is 10.0. The molecule has 3 nitrogen and oxygen atoms in total. The molecule has 1 N–H and O–H groups in total. The van der Waals surface area contributed by atoms with Gasteiger partial charge in [-0.2, -0.15) is 0 Å². The molecule has 0 saturated carbocycles. The van der Waals surface area contributed by atoms with Gasteiger partial charge in [-0.05, 0) is 25.3 Å². The quantitative estimate of drug-likeness (QED) is 0.906. The van der Waals surface area contributed by atoms with Crippen LogP contribution in [0.15, 0.2) is 24.3 Å². The highest BCUT2D eigenvalue weighted by atomic mass is 15.0. The Labute approximate surface area is 115 Å². The van der Waals surface area contributed by atoms with Crippen molar-refractivity contribution in [3.63, 3.8) is 0 Å². The fraction of sp³-hybridized carbons (Fsp3) is 0.375. The molecular weight excluding hydrogens is 234 g/mol. The molecule has 0 atom stereocenters. The van der Waals surface area contributed by atoms with Crippen LogP contribution in [-0.4, -0.2) is 17.0 Å². The highest BCUT2D eigenvalue weighted by Crippen LogP contribution is 2.25. The van der Waals surface area contributed by atoms with E-state index in [1.165, 1.54) is 5.56 Å². The molecule has 0 radical (unpaired) electrons. The van der Waals surface area contributed by atoms with Crippen LogP contribution in [0.1, 0.15) is 30.7 Å². The van der Waals surface area contributed by atoms with E-state index in [-0.39, 0.29) is 0 Å². The zero-order valence-corrected chi connectivity index (χ0v) is 12.1. The Kier molecular flexibility index (Phi) is 4.15. The topological polar surface area (TPSA) is 37.8 Å². The molecule has 0 unspecified atom stereocenters. The maximum Gasteiger partial charge on any atom is 0.162 e. The van der Waals surface area contributed by atoms with Crippen molar-refractivity contribution in [1.29, 1.82) is 0 Å². The standard InChI is InChI=1S/C16H21N3/c1-5-12-9-7-8-10-13(12)16-18-14(6-2)11(3)15(17-4)19-16/h7-10H,5-6H2,1-4H3,(H,17,18,19). The van der Waals surface area contributed by atoms with Gasteiger partial charge >= 0.3 is 0 Å². The smallest absolute Gasteiger partial charge is 0.162 e. The molecule has 0 amide bonds. The molecule has 2 aromatic rings. The summed E-state index contributed by atoms with van der Waals surface area (Å²) in [4.78, 5) is 9.38. The lowest BCUT2D eigenvalue weighted by Gasteiger charge is -2.13. The number of benzene rings is 1. The first kappa shape index (κ1) is 13.5. The zero-order chi connectivity index (χ0) is 13.8. The van der Waals surface area contributed by atoms with Crippen LogP contribution >= 0.6 is 0 Å². The second kappa shape index (κ2) is 5.83. The Bertz CT molecular complexity index is 551. The number of rotatable bonds is 4. The fourth-order valence-corrected chi connectivity index (χ4v) is 2.32. The van der Waals surface area contributed by atoms with Crippen molar-refractivity contribution in [2.75, 3.05) is 12.4 Å². The fourth-order valence-electron chi connectivity index (χ4n) is 2.32. The number of hydrogen-bond acceptors (Lipinski definition) is 3. The van der Waals surface area contributed by atoms with Crippen LogP contribution in [0.2, 0.25) is 0 Å². The van der Waals surface area contributed by atoms with Crippen LogP contribution in [0.3, 0.4) is 0 Å². The van der Waals surface area contributed by atoms with Crippen molar-refractivity contribution in [2.45, 2.75) is 33.6 Å². The molecule has 1 heterocycles. The van der Waals surface area contributed by atoms with E-state index in [2.05, 4.69) is 49.3 Å². The van der Waals surface area contributed by atoms with Gasteiger partial charge in [-0.3, -0.25) is 0 Å². The Hall–Kier alpha value is -1.90. The number of nitrogens with zero attached hydrogens (tertiary/aromatic N) is 2. The Morgan fingerprint density at radius 3 is 2.42 bits per heavy atom. The summed E-state index contributed by atoms with van der Waals surface area (Å²) in [5, 5.41) is 3.17. The van der Waals surface area contributed by atoms with E-state index in [1.807, 2.05) is 13.1 Å². The van der Waals surface area contributed by atoms with Gasteiger partial charge in [-0.25, -0.2) is 9.97 Å². The minimum atomic E-state index is 0.823. The highest BCUT2D eigenvalue weighted by molar-refractivity contribution is 5.63. The molecule has 0 aliphatic heterocycles. The second-order valence-electron chi connectivity index (χ2n) is 4.58. The molecule has 0 fully saturated rings. The molecule has 0 saturated heterocycles. The van der Waals surface area contributed by atoms with Gasteiger partial charge in [0, 0.05) is 23.9 Å². The molecule has 100 valence electrons. The van der Waals surface area contributed by atoms with Crippen molar-refractivity contribution in [3.8, 4) is 11.4 Å². The molecule has 19 heavy (non-hydrogen) atoms. The minimum Gasteiger partial charge on any atom is -0.373 e. The molecule has 1 aromatic heterocycles. The lowest BCUT2D eigenvalue weighted by Crippen LogP contribution is -2.05. The summed E-state index contributed by atoms with van der Waals surface area (Å²) < 4.78 is 0. The van der Waals surface area contributed by atoms with E-state index < -0.39 is 0 Å². The van der Waals surface area contributed by atoms with Gasteiger partial charge in [-0.1, -0.05) is 38.1 Å². The van der Waals surface area contributed by atoms with Gasteiger partial charge in [-0.15, -0.1) is 0 Å². The summed E-state index contributed by atoms with van der Waals surface area (Å²) >= 11 is 0. The molecule has 3 heteroatoms. The van der Waals surface area contributed by atoms with Gasteiger partial charge in [0.1, 0.15) is 5.82 Å². The highest BCUT2D eigenvalue weighted by Gasteiger charge is 2.12. The van der Waals surface area contributed by atoms with E-state index in [1.54, 1.807) is 0 Å². The molecular formula is C16H21N3. The largest absolute Gasteiger partial charge is 0.373 e. The number of anilines is 1. The normalized spacial score (nSPS) is 10.5. The van der Waals surface area contributed by atoms with Crippen molar-refractivity contribution >= 4 is 5.82 Å². The van der Waals surface area contributed by atoms with Gasteiger partial charge < -0.3 is 5.32 Å². The number of aromatic nitrogens is 2. The Balaban J connectivity index is 2.62. The number of aryl methyl sites for hydroxylation is 2. The summed E-state index contributed by atoms with van der Waals surface area (Å²) in [6, 6.07) is 8.35. The van der Waals surface area contributed by atoms with E-state index in [4.69, 9.17) is 4.98 Å². The number of nitrogens with one attached hydrogen (secondary N) is 1. The van der Waals surface area contributed by atoms with Gasteiger partial charge in [0.05, 0.1) is 0 Å². The molecule has 0 aliphatic rings. The Morgan fingerprint density at radius 1 is 1.05 bits per heavy atom. The first-order valence-corrected chi connectivity index (χ1v) is 6.84. The summed E-state index contributed by atoms with van der Waals surface area (Å²) in [6.45, 7) is 6.36. The van der Waals surface area contributed by atoms with Crippen molar-refractivity contribution in [3.05, 3.63) is 41.1 Å². The van der Waals surface area contributed by atoms with Crippen molar-refractivity contribution < 1.29 is 0 Å². The van der Waals surface area contributed by atoms with E-state index in [0.717, 1.165) is 41.3 Å². The van der Waals surface area contributed by atoms with Crippen LogP contribution in [0.4, 0.5) is 5.82 Å². The summed E-state index contributed by atoms with van der Waals surface area (Å²) in [5.74, 6) is 1.75. The van der Waals surface area contributed by atoms with Gasteiger partial charge in [0.25, 0.3) is 0 Å². The predicted molar refractivity (Wildman–Crippen MR) is 80.5 cm³/mol. The van der Waals surface area contributed by atoms with Crippen molar-refractivity contribution in [1.82, 2.24) is 9.97 Å². The third-order valence-electron chi connectivity index (χ3n) is 3.46. The van der Waals surface area contributed by atoms with Gasteiger partial charge in [0.2, 0.25) is 0 Å². The molecule has 0 spiro atoms. The maximum atomic E-state index is 4.73. The van der Waals surface area contributed by atoms with Gasteiger partial charge in [0.15, 0.2) is 5.82 Å². The minimum absolute atomic E-state index is 0.823. The SMILES string of the molecule is CCc1ccccc1-c1nc(CC)c(C)c(NC)n1. The maximum absolute atomic E-state index is 4.73. The predicted octanol–water partition coefficient (Wildman–Crippen LogP) is 3.62. The van der Waals surface area contributed by atoms with Crippen LogP contribution in [0.25, 0.3) is 11.4 Å². The molecule has 1 aromatic carbocycles. The Morgan fingerprint density at radius 2 is 1.79 bits per heavy atom. The van der Waals surface area contributed by atoms with Crippen LogP contribution in [0, 0.1) is 6.92 Å². The molecule has 2 rings (SSSR count). The average Bonchev–Trinajstić information content (AvgIpc) is 2.47. The zero-order valence-electron chi connectivity index (χ0n) is 12.1. The molecule has 0 bridgehead atoms. The first-order chi connectivity index (χ1) is 9.21. The monoisotopic (exact) mass is 255 g/mol. The summed E-state index contributed by atoms with van der Waals surface area (Å²) in [7, 11) is 1.91. The van der Waals surface area contributed by atoms with E-state index >= 15 is 0 Å². The van der Waals surface area contributed by atoms with Crippen LogP contribution in [0.5, 0.6) is 0 Å². The summed E-state index contributed by atoms with van der Waals surface area (Å²) in [5.41, 5.74) is 4.68. The third-order valence-corrected chi connectivity index (χ3v) is 3.46. The van der Waals surface area contributed by atoms with E-state index in [9.17, 15) is 0 Å². The van der Waals surface area contributed by atoms with E-state index in [0.29, 0.717) is 0 Å². The summed E-state index contributed by atoms with van der Waals surface area (Å²) in [6.07, 6.45) is 1.91. The molecule has 0 aliphatic carbocycles. The van der Waals surface area contributed by atoms with Crippen molar-refractivity contribution in [2.24, 2.45) is 0 Å².